The summed E-state index contributed by atoms with van der Waals surface area (Å²) in [7, 11) is -3.27. The van der Waals surface area contributed by atoms with Crippen LogP contribution in [0.4, 0.5) is 0 Å². The summed E-state index contributed by atoms with van der Waals surface area (Å²) in [5, 5.41) is 0. The Kier molecular flexibility index (Phi) is 6.13. The molecule has 32 heavy (non-hydrogen) atoms. The lowest BCUT2D eigenvalue weighted by atomic mass is 9.91. The molecule has 3 aromatic carbocycles. The number of fused-ring (bicyclic) bond motifs is 1. The van der Waals surface area contributed by atoms with E-state index in [1.807, 2.05) is 30.3 Å². The largest absolute Gasteiger partial charge is 0.302 e. The van der Waals surface area contributed by atoms with Gasteiger partial charge in [0.1, 0.15) is 0 Å². The molecule has 0 amide bonds. The maximum Gasteiger partial charge on any atom is 0.218 e. The van der Waals surface area contributed by atoms with Gasteiger partial charge >= 0.3 is 0 Å². The summed E-state index contributed by atoms with van der Waals surface area (Å²) >= 11 is 0. The average Bonchev–Trinajstić information content (AvgIpc) is 3.39. The van der Waals surface area contributed by atoms with Crippen LogP contribution in [0.2, 0.25) is 0 Å². The summed E-state index contributed by atoms with van der Waals surface area (Å²) in [4.78, 5) is 2.54. The standard InChI is InChI=1S/C27H30N2O2S/c30-32(31,21-22-10-4-1-5-11-22)29-18-25-16-28(17-26(25)19-29)20-27(23-12-6-2-7-13-23)24-14-8-3-9-15-24/h1-15,25-27H,16-21H2. The zero-order chi connectivity index (χ0) is 22.0. The van der Waals surface area contributed by atoms with Crippen molar-refractivity contribution in [3.05, 3.63) is 108 Å². The Morgan fingerprint density at radius 1 is 0.688 bits per heavy atom. The minimum atomic E-state index is -3.27. The molecule has 2 atom stereocenters. The summed E-state index contributed by atoms with van der Waals surface area (Å²) in [5.74, 6) is 1.27. The predicted octanol–water partition coefficient (Wildman–Crippen LogP) is 4.21. The number of hydrogen-bond donors (Lipinski definition) is 0. The van der Waals surface area contributed by atoms with Crippen LogP contribution in [0.3, 0.4) is 0 Å². The second-order valence-electron chi connectivity index (χ2n) is 9.17. The summed E-state index contributed by atoms with van der Waals surface area (Å²) < 4.78 is 27.7. The molecule has 166 valence electrons. The summed E-state index contributed by atoms with van der Waals surface area (Å²) in [6.07, 6.45) is 0. The van der Waals surface area contributed by atoms with E-state index in [9.17, 15) is 8.42 Å². The lowest BCUT2D eigenvalue weighted by molar-refractivity contribution is 0.288. The number of rotatable bonds is 7. The van der Waals surface area contributed by atoms with Crippen LogP contribution in [0.25, 0.3) is 0 Å². The maximum atomic E-state index is 13.0. The summed E-state index contributed by atoms with van der Waals surface area (Å²) in [6, 6.07) is 30.9. The van der Waals surface area contributed by atoms with Gasteiger partial charge in [-0.05, 0) is 28.5 Å². The number of sulfonamides is 1. The van der Waals surface area contributed by atoms with Crippen molar-refractivity contribution in [2.75, 3.05) is 32.7 Å². The predicted molar refractivity (Wildman–Crippen MR) is 129 cm³/mol. The van der Waals surface area contributed by atoms with Crippen LogP contribution >= 0.6 is 0 Å². The molecule has 5 rings (SSSR count). The highest BCUT2D eigenvalue weighted by Gasteiger charge is 2.44. The number of hydrogen-bond acceptors (Lipinski definition) is 3. The van der Waals surface area contributed by atoms with Gasteiger partial charge in [0.05, 0.1) is 5.75 Å². The molecule has 2 aliphatic rings. The zero-order valence-electron chi connectivity index (χ0n) is 18.3. The van der Waals surface area contributed by atoms with Crippen LogP contribution in [0.1, 0.15) is 22.6 Å². The quantitative estimate of drug-likeness (QED) is 0.546. The highest BCUT2D eigenvalue weighted by Crippen LogP contribution is 2.35. The number of benzene rings is 3. The first-order chi connectivity index (χ1) is 15.6. The summed E-state index contributed by atoms with van der Waals surface area (Å²) in [6.45, 7) is 4.21. The van der Waals surface area contributed by atoms with Crippen LogP contribution < -0.4 is 0 Å². The molecule has 0 bridgehead atoms. The molecular formula is C27H30N2O2S. The first kappa shape index (κ1) is 21.4. The molecule has 2 unspecified atom stereocenters. The minimum Gasteiger partial charge on any atom is -0.302 e. The van der Waals surface area contributed by atoms with E-state index in [0.717, 1.165) is 25.2 Å². The van der Waals surface area contributed by atoms with Crippen LogP contribution in [-0.2, 0) is 15.8 Å². The summed E-state index contributed by atoms with van der Waals surface area (Å²) in [5.41, 5.74) is 3.53. The number of likely N-dealkylation sites (tertiary alicyclic amines) is 1. The van der Waals surface area contributed by atoms with E-state index >= 15 is 0 Å². The van der Waals surface area contributed by atoms with Crippen LogP contribution in [0.15, 0.2) is 91.0 Å². The van der Waals surface area contributed by atoms with E-state index in [-0.39, 0.29) is 5.75 Å². The first-order valence-electron chi connectivity index (χ1n) is 11.4. The fraction of sp³-hybridized carbons (Fsp3) is 0.333. The van der Waals surface area contributed by atoms with E-state index in [1.165, 1.54) is 11.1 Å². The third-order valence-corrected chi connectivity index (χ3v) is 8.74. The molecular weight excluding hydrogens is 416 g/mol. The van der Waals surface area contributed by atoms with Crippen LogP contribution in [0, 0.1) is 11.8 Å². The molecule has 2 saturated heterocycles. The Morgan fingerprint density at radius 3 is 1.66 bits per heavy atom. The van der Waals surface area contributed by atoms with E-state index in [1.54, 1.807) is 4.31 Å². The molecule has 0 saturated carbocycles. The van der Waals surface area contributed by atoms with Gasteiger partial charge in [-0.15, -0.1) is 0 Å². The molecule has 2 aliphatic heterocycles. The van der Waals surface area contributed by atoms with Crippen LogP contribution in [0.5, 0.6) is 0 Å². The Labute approximate surface area is 191 Å². The molecule has 2 fully saturated rings. The Balaban J connectivity index is 1.25. The van der Waals surface area contributed by atoms with Crippen molar-refractivity contribution < 1.29 is 8.42 Å². The fourth-order valence-corrected chi connectivity index (χ4v) is 6.97. The second kappa shape index (κ2) is 9.18. The van der Waals surface area contributed by atoms with Gasteiger partial charge in [-0.1, -0.05) is 91.0 Å². The van der Waals surface area contributed by atoms with Crippen molar-refractivity contribution in [3.8, 4) is 0 Å². The van der Waals surface area contributed by atoms with E-state index in [4.69, 9.17) is 0 Å². The van der Waals surface area contributed by atoms with Crippen molar-refractivity contribution in [1.82, 2.24) is 9.21 Å². The molecule has 3 aromatic rings. The molecule has 0 N–H and O–H groups in total. The molecule has 5 heteroatoms. The van der Waals surface area contributed by atoms with Crippen molar-refractivity contribution in [2.24, 2.45) is 11.8 Å². The van der Waals surface area contributed by atoms with Crippen LogP contribution in [-0.4, -0.2) is 50.3 Å². The highest BCUT2D eigenvalue weighted by molar-refractivity contribution is 7.88. The van der Waals surface area contributed by atoms with Gasteiger partial charge in [-0.3, -0.25) is 0 Å². The normalized spacial score (nSPS) is 21.8. The van der Waals surface area contributed by atoms with Gasteiger partial charge in [-0.2, -0.15) is 0 Å². The molecule has 4 nitrogen and oxygen atoms in total. The van der Waals surface area contributed by atoms with Gasteiger partial charge in [0.2, 0.25) is 10.0 Å². The zero-order valence-corrected chi connectivity index (χ0v) is 19.1. The van der Waals surface area contributed by atoms with Gasteiger partial charge in [0, 0.05) is 38.6 Å². The lowest BCUT2D eigenvalue weighted by Crippen LogP contribution is -2.35. The average molecular weight is 447 g/mol. The topological polar surface area (TPSA) is 40.6 Å². The SMILES string of the molecule is O=S(=O)(Cc1ccccc1)N1CC2CN(CC(c3ccccc3)c3ccccc3)CC2C1. The Bertz CT molecular complexity index is 1070. The van der Waals surface area contributed by atoms with Gasteiger partial charge < -0.3 is 4.90 Å². The monoisotopic (exact) mass is 446 g/mol. The Hall–Kier alpha value is -2.47. The second-order valence-corrected chi connectivity index (χ2v) is 11.1. The van der Waals surface area contributed by atoms with Gasteiger partial charge in [-0.25, -0.2) is 12.7 Å². The van der Waals surface area contributed by atoms with Gasteiger partial charge in [0.15, 0.2) is 0 Å². The van der Waals surface area contributed by atoms with Crippen molar-refractivity contribution in [1.29, 1.82) is 0 Å². The lowest BCUT2D eigenvalue weighted by Gasteiger charge is -2.26. The smallest absolute Gasteiger partial charge is 0.218 e. The molecule has 0 aromatic heterocycles. The third kappa shape index (κ3) is 4.65. The molecule has 0 aliphatic carbocycles. The minimum absolute atomic E-state index is 0.0983. The van der Waals surface area contributed by atoms with E-state index in [2.05, 4.69) is 65.6 Å². The van der Waals surface area contributed by atoms with Gasteiger partial charge in [0.25, 0.3) is 0 Å². The van der Waals surface area contributed by atoms with E-state index < -0.39 is 10.0 Å². The third-order valence-electron chi connectivity index (χ3n) is 6.96. The van der Waals surface area contributed by atoms with Crippen molar-refractivity contribution in [3.63, 3.8) is 0 Å². The Morgan fingerprint density at radius 2 is 1.16 bits per heavy atom. The fourth-order valence-electron chi connectivity index (χ4n) is 5.33. The number of nitrogens with zero attached hydrogens (tertiary/aromatic N) is 2. The maximum absolute atomic E-state index is 13.0. The molecule has 2 heterocycles. The van der Waals surface area contributed by atoms with Crippen molar-refractivity contribution in [2.45, 2.75) is 11.7 Å². The van der Waals surface area contributed by atoms with E-state index in [0.29, 0.717) is 30.8 Å². The van der Waals surface area contributed by atoms with Crippen molar-refractivity contribution >= 4 is 10.0 Å². The molecule has 0 radical (unpaired) electrons. The molecule has 0 spiro atoms. The highest BCUT2D eigenvalue weighted by atomic mass is 32.2. The first-order valence-corrected chi connectivity index (χ1v) is 13.0.